The second kappa shape index (κ2) is 5.23. The molecule has 3 aliphatic rings. The first-order valence-electron chi connectivity index (χ1n) is 8.89. The van der Waals surface area contributed by atoms with Crippen LogP contribution >= 0.6 is 0 Å². The van der Waals surface area contributed by atoms with Crippen molar-refractivity contribution < 1.29 is 9.90 Å². The molecule has 4 heteroatoms. The third-order valence-electron chi connectivity index (χ3n) is 5.83. The number of aryl methyl sites for hydroxylation is 2. The fourth-order valence-electron chi connectivity index (χ4n) is 4.31. The summed E-state index contributed by atoms with van der Waals surface area (Å²) < 4.78 is 0. The second-order valence-electron chi connectivity index (χ2n) is 7.74. The van der Waals surface area contributed by atoms with Gasteiger partial charge in [0.2, 0.25) is 5.91 Å². The number of nitrogens with zero attached hydrogens (tertiary/aromatic N) is 1. The molecule has 1 aromatic carbocycles. The Morgan fingerprint density at radius 2 is 1.83 bits per heavy atom. The number of amides is 1. The van der Waals surface area contributed by atoms with Gasteiger partial charge in [0.15, 0.2) is 0 Å². The SMILES string of the molecule is Cc1cc([C@@H]2NC3(CCCC3)C(=O)N2CC2CC2)cc(C)c1O. The molecule has 0 aromatic heterocycles. The lowest BCUT2D eigenvalue weighted by Crippen LogP contribution is -2.44. The maximum Gasteiger partial charge on any atom is 0.244 e. The van der Waals surface area contributed by atoms with Gasteiger partial charge in [0, 0.05) is 6.54 Å². The van der Waals surface area contributed by atoms with E-state index in [9.17, 15) is 9.90 Å². The molecule has 1 spiro atoms. The number of nitrogens with one attached hydrogen (secondary N) is 1. The first-order valence-corrected chi connectivity index (χ1v) is 8.89. The maximum absolute atomic E-state index is 13.1. The molecule has 4 nitrogen and oxygen atoms in total. The molecule has 1 aliphatic heterocycles. The number of aromatic hydroxyl groups is 1. The van der Waals surface area contributed by atoms with Crippen molar-refractivity contribution in [2.24, 2.45) is 5.92 Å². The molecule has 1 aromatic rings. The second-order valence-corrected chi connectivity index (χ2v) is 7.74. The summed E-state index contributed by atoms with van der Waals surface area (Å²) in [6.45, 7) is 4.73. The normalized spacial score (nSPS) is 26.4. The zero-order valence-corrected chi connectivity index (χ0v) is 14.1. The Morgan fingerprint density at radius 1 is 1.22 bits per heavy atom. The van der Waals surface area contributed by atoms with Crippen LogP contribution in [0.1, 0.15) is 61.4 Å². The number of hydrogen-bond donors (Lipinski definition) is 2. The van der Waals surface area contributed by atoms with Gasteiger partial charge in [-0.05, 0) is 74.3 Å². The van der Waals surface area contributed by atoms with Gasteiger partial charge in [-0.2, -0.15) is 0 Å². The summed E-state index contributed by atoms with van der Waals surface area (Å²) in [5, 5.41) is 13.7. The molecule has 0 unspecified atom stereocenters. The molecule has 1 atom stereocenters. The van der Waals surface area contributed by atoms with Gasteiger partial charge in [-0.3, -0.25) is 10.1 Å². The molecule has 1 heterocycles. The van der Waals surface area contributed by atoms with Crippen molar-refractivity contribution in [1.82, 2.24) is 10.2 Å². The molecule has 0 radical (unpaired) electrons. The minimum absolute atomic E-state index is 0.0424. The molecule has 2 aliphatic carbocycles. The van der Waals surface area contributed by atoms with Crippen LogP contribution < -0.4 is 5.32 Å². The highest BCUT2D eigenvalue weighted by Gasteiger charge is 2.53. The molecular weight excluding hydrogens is 288 g/mol. The van der Waals surface area contributed by atoms with Crippen LogP contribution in [0.15, 0.2) is 12.1 Å². The quantitative estimate of drug-likeness (QED) is 0.901. The van der Waals surface area contributed by atoms with Gasteiger partial charge in [-0.25, -0.2) is 0 Å². The predicted octanol–water partition coefficient (Wildman–Crippen LogP) is 3.16. The van der Waals surface area contributed by atoms with Crippen LogP contribution in [-0.4, -0.2) is 28.0 Å². The van der Waals surface area contributed by atoms with Gasteiger partial charge >= 0.3 is 0 Å². The lowest BCUT2D eigenvalue weighted by Gasteiger charge is -2.25. The van der Waals surface area contributed by atoms with E-state index in [1.54, 1.807) is 0 Å². The molecule has 1 amide bonds. The fourth-order valence-corrected chi connectivity index (χ4v) is 4.31. The highest BCUT2D eigenvalue weighted by atomic mass is 16.3. The Morgan fingerprint density at radius 3 is 2.39 bits per heavy atom. The first kappa shape index (κ1) is 15.0. The number of phenols is 1. The predicted molar refractivity (Wildman–Crippen MR) is 89.1 cm³/mol. The molecule has 4 rings (SSSR count). The Bertz CT molecular complexity index is 622. The van der Waals surface area contributed by atoms with Gasteiger partial charge in [-0.15, -0.1) is 0 Å². The van der Waals surface area contributed by atoms with E-state index in [1.807, 2.05) is 26.0 Å². The minimum Gasteiger partial charge on any atom is -0.507 e. The number of carbonyl (C=O) groups is 1. The standard InChI is InChI=1S/C19H26N2O2/c1-12-9-15(10-13(2)16(12)22)17-20-19(7-3-4-8-19)18(23)21(17)11-14-5-6-14/h9-10,14,17,20,22H,3-8,11H2,1-2H3/t17-/m1/s1. The average molecular weight is 314 g/mol. The smallest absolute Gasteiger partial charge is 0.244 e. The Hall–Kier alpha value is -1.55. The van der Waals surface area contributed by atoms with E-state index < -0.39 is 0 Å². The fraction of sp³-hybridized carbons (Fsp3) is 0.632. The monoisotopic (exact) mass is 314 g/mol. The van der Waals surface area contributed by atoms with Crippen LogP contribution in [0.25, 0.3) is 0 Å². The lowest BCUT2D eigenvalue weighted by molar-refractivity contribution is -0.133. The molecule has 23 heavy (non-hydrogen) atoms. The van der Waals surface area contributed by atoms with E-state index in [-0.39, 0.29) is 11.7 Å². The number of phenolic OH excluding ortho intramolecular Hbond substituents is 1. The zero-order valence-electron chi connectivity index (χ0n) is 14.1. The topological polar surface area (TPSA) is 52.6 Å². The van der Waals surface area contributed by atoms with Crippen LogP contribution in [0.4, 0.5) is 0 Å². The van der Waals surface area contributed by atoms with Crippen molar-refractivity contribution in [2.45, 2.75) is 64.1 Å². The first-order chi connectivity index (χ1) is 11.0. The van der Waals surface area contributed by atoms with Crippen LogP contribution in [0.5, 0.6) is 5.75 Å². The van der Waals surface area contributed by atoms with Crippen molar-refractivity contribution in [3.63, 3.8) is 0 Å². The van der Waals surface area contributed by atoms with Crippen molar-refractivity contribution >= 4 is 5.91 Å². The summed E-state index contributed by atoms with van der Waals surface area (Å²) in [6.07, 6.45) is 6.64. The summed E-state index contributed by atoms with van der Waals surface area (Å²) in [6, 6.07) is 4.06. The highest BCUT2D eigenvalue weighted by molar-refractivity contribution is 5.89. The third-order valence-corrected chi connectivity index (χ3v) is 5.83. The van der Waals surface area contributed by atoms with E-state index in [4.69, 9.17) is 0 Å². The van der Waals surface area contributed by atoms with E-state index >= 15 is 0 Å². The Labute approximate surface area is 137 Å². The maximum atomic E-state index is 13.1. The zero-order chi connectivity index (χ0) is 16.2. The molecule has 0 bridgehead atoms. The Kier molecular flexibility index (Phi) is 3.41. The number of rotatable bonds is 3. The van der Waals surface area contributed by atoms with Crippen molar-refractivity contribution in [1.29, 1.82) is 0 Å². The summed E-state index contributed by atoms with van der Waals surface area (Å²) >= 11 is 0. The van der Waals surface area contributed by atoms with Crippen LogP contribution in [-0.2, 0) is 4.79 Å². The molecule has 3 fully saturated rings. The van der Waals surface area contributed by atoms with E-state index in [2.05, 4.69) is 10.2 Å². The summed E-state index contributed by atoms with van der Waals surface area (Å²) in [7, 11) is 0. The Balaban J connectivity index is 1.71. The molecule has 2 saturated carbocycles. The van der Waals surface area contributed by atoms with Gasteiger partial charge in [0.05, 0.1) is 5.54 Å². The summed E-state index contributed by atoms with van der Waals surface area (Å²) in [4.78, 5) is 15.2. The highest BCUT2D eigenvalue weighted by Crippen LogP contribution is 2.43. The number of hydrogen-bond acceptors (Lipinski definition) is 3. The van der Waals surface area contributed by atoms with Crippen LogP contribution in [0.3, 0.4) is 0 Å². The third kappa shape index (κ3) is 2.44. The van der Waals surface area contributed by atoms with E-state index in [0.29, 0.717) is 17.6 Å². The van der Waals surface area contributed by atoms with Crippen molar-refractivity contribution in [3.05, 3.63) is 28.8 Å². The number of benzene rings is 1. The average Bonchev–Trinajstić information content (AvgIpc) is 3.15. The van der Waals surface area contributed by atoms with Crippen molar-refractivity contribution in [2.75, 3.05) is 6.54 Å². The summed E-state index contributed by atoms with van der Waals surface area (Å²) in [5.41, 5.74) is 2.54. The van der Waals surface area contributed by atoms with E-state index in [0.717, 1.165) is 48.9 Å². The minimum atomic E-state index is -0.334. The van der Waals surface area contributed by atoms with Gasteiger partial charge < -0.3 is 10.0 Å². The largest absolute Gasteiger partial charge is 0.507 e. The molecule has 124 valence electrons. The molecular formula is C19H26N2O2. The summed E-state index contributed by atoms with van der Waals surface area (Å²) in [5.74, 6) is 1.34. The van der Waals surface area contributed by atoms with Gasteiger partial charge in [0.25, 0.3) is 0 Å². The van der Waals surface area contributed by atoms with Crippen molar-refractivity contribution in [3.8, 4) is 5.75 Å². The molecule has 2 N–H and O–H groups in total. The van der Waals surface area contributed by atoms with Crippen LogP contribution in [0, 0.1) is 19.8 Å². The van der Waals surface area contributed by atoms with Gasteiger partial charge in [0.1, 0.15) is 11.9 Å². The molecule has 1 saturated heterocycles. The van der Waals surface area contributed by atoms with Crippen LogP contribution in [0.2, 0.25) is 0 Å². The van der Waals surface area contributed by atoms with E-state index in [1.165, 1.54) is 12.8 Å². The lowest BCUT2D eigenvalue weighted by atomic mass is 9.98. The number of carbonyl (C=O) groups excluding carboxylic acids is 1. The van der Waals surface area contributed by atoms with Gasteiger partial charge in [-0.1, -0.05) is 12.8 Å².